The van der Waals surface area contributed by atoms with E-state index in [-0.39, 0.29) is 13.0 Å². The predicted molar refractivity (Wildman–Crippen MR) is 35.7 cm³/mol. The molecule has 64 valence electrons. The van der Waals surface area contributed by atoms with E-state index in [1.165, 1.54) is 0 Å². The van der Waals surface area contributed by atoms with Crippen molar-refractivity contribution in [1.82, 2.24) is 0 Å². The van der Waals surface area contributed by atoms with Gasteiger partial charge in [0.1, 0.15) is 0 Å². The molecular weight excluding hydrogens is 143 g/mol. The fourth-order valence-corrected chi connectivity index (χ4v) is 0.303. The molecule has 0 spiro atoms. The maximum absolute atomic E-state index is 11.2. The standard InChI is InChI=1S/C4H8F3N.C2H6/c5-4(6,7)2-1-3-8;1-2/h1-3,8H2;1-2H3. The van der Waals surface area contributed by atoms with Gasteiger partial charge in [-0.2, -0.15) is 13.2 Å². The average molecular weight is 157 g/mol. The summed E-state index contributed by atoms with van der Waals surface area (Å²) in [4.78, 5) is 0. The monoisotopic (exact) mass is 157 g/mol. The maximum atomic E-state index is 11.2. The van der Waals surface area contributed by atoms with Crippen LogP contribution in [0.15, 0.2) is 0 Å². The van der Waals surface area contributed by atoms with E-state index in [0.717, 1.165) is 0 Å². The van der Waals surface area contributed by atoms with Gasteiger partial charge in [-0.25, -0.2) is 0 Å². The number of alkyl halides is 3. The molecule has 4 heteroatoms. The highest BCUT2D eigenvalue weighted by Crippen LogP contribution is 2.20. The largest absolute Gasteiger partial charge is 0.389 e. The van der Waals surface area contributed by atoms with E-state index in [1.54, 1.807) is 0 Å². The summed E-state index contributed by atoms with van der Waals surface area (Å²) in [5, 5.41) is 0. The normalized spacial score (nSPS) is 10.2. The Labute approximate surface area is 59.4 Å². The summed E-state index contributed by atoms with van der Waals surface area (Å²) < 4.78 is 33.6. The van der Waals surface area contributed by atoms with Gasteiger partial charge in [0.15, 0.2) is 0 Å². The lowest BCUT2D eigenvalue weighted by Gasteiger charge is -2.02. The smallest absolute Gasteiger partial charge is 0.330 e. The molecule has 2 N–H and O–H groups in total. The van der Waals surface area contributed by atoms with Gasteiger partial charge in [0.2, 0.25) is 0 Å². The van der Waals surface area contributed by atoms with E-state index in [9.17, 15) is 13.2 Å². The van der Waals surface area contributed by atoms with Crippen LogP contribution in [0.25, 0.3) is 0 Å². The van der Waals surface area contributed by atoms with Gasteiger partial charge in [0.25, 0.3) is 0 Å². The lowest BCUT2D eigenvalue weighted by molar-refractivity contribution is -0.134. The zero-order valence-corrected chi connectivity index (χ0v) is 6.33. The Bertz CT molecular complexity index is 60.5. The van der Waals surface area contributed by atoms with Crippen LogP contribution in [0, 0.1) is 0 Å². The Morgan fingerprint density at radius 2 is 1.60 bits per heavy atom. The SMILES string of the molecule is CC.NCCCC(F)(F)F. The quantitative estimate of drug-likeness (QED) is 0.654. The molecule has 0 aromatic carbocycles. The van der Waals surface area contributed by atoms with Crippen molar-refractivity contribution in [3.8, 4) is 0 Å². The summed E-state index contributed by atoms with van der Waals surface area (Å²) >= 11 is 0. The van der Waals surface area contributed by atoms with Gasteiger partial charge in [-0.05, 0) is 13.0 Å². The van der Waals surface area contributed by atoms with Crippen molar-refractivity contribution < 1.29 is 13.2 Å². The van der Waals surface area contributed by atoms with Crippen molar-refractivity contribution >= 4 is 0 Å². The first-order valence-corrected chi connectivity index (χ1v) is 3.33. The Kier molecular flexibility index (Phi) is 8.53. The molecular formula is C6H14F3N. The summed E-state index contributed by atoms with van der Waals surface area (Å²) in [6.07, 6.45) is -4.76. The summed E-state index contributed by atoms with van der Waals surface area (Å²) in [6, 6.07) is 0. The van der Waals surface area contributed by atoms with E-state index in [2.05, 4.69) is 0 Å². The van der Waals surface area contributed by atoms with Crippen LogP contribution in [0.5, 0.6) is 0 Å². The predicted octanol–water partition coefficient (Wildman–Crippen LogP) is 2.31. The van der Waals surface area contributed by atoms with Crippen LogP contribution in [0.4, 0.5) is 13.2 Å². The molecule has 0 heterocycles. The van der Waals surface area contributed by atoms with Crippen molar-refractivity contribution in [3.63, 3.8) is 0 Å². The molecule has 0 rings (SSSR count). The van der Waals surface area contributed by atoms with Crippen LogP contribution in [-0.4, -0.2) is 12.7 Å². The summed E-state index contributed by atoms with van der Waals surface area (Å²) in [5.74, 6) is 0. The van der Waals surface area contributed by atoms with Crippen molar-refractivity contribution in [2.75, 3.05) is 6.54 Å². The summed E-state index contributed by atoms with van der Waals surface area (Å²) in [5.41, 5.74) is 4.84. The second kappa shape index (κ2) is 6.86. The zero-order chi connectivity index (χ0) is 8.62. The third-order valence-corrected chi connectivity index (χ3v) is 0.664. The van der Waals surface area contributed by atoms with Crippen LogP contribution in [0.1, 0.15) is 26.7 Å². The van der Waals surface area contributed by atoms with E-state index >= 15 is 0 Å². The molecule has 0 aromatic heterocycles. The van der Waals surface area contributed by atoms with Crippen LogP contribution >= 0.6 is 0 Å². The minimum atomic E-state index is -4.03. The summed E-state index contributed by atoms with van der Waals surface area (Å²) in [6.45, 7) is 4.11. The Morgan fingerprint density at radius 1 is 1.20 bits per heavy atom. The molecule has 0 fully saturated rings. The maximum Gasteiger partial charge on any atom is 0.389 e. The second-order valence-corrected chi connectivity index (χ2v) is 1.51. The highest BCUT2D eigenvalue weighted by atomic mass is 19.4. The van der Waals surface area contributed by atoms with E-state index in [1.807, 2.05) is 13.8 Å². The molecule has 0 amide bonds. The zero-order valence-electron chi connectivity index (χ0n) is 6.33. The number of rotatable bonds is 2. The first kappa shape index (κ1) is 12.4. The molecule has 0 saturated heterocycles. The molecule has 0 aromatic rings. The first-order chi connectivity index (χ1) is 4.56. The molecule has 10 heavy (non-hydrogen) atoms. The minimum Gasteiger partial charge on any atom is -0.330 e. The van der Waals surface area contributed by atoms with Crippen LogP contribution in [0.2, 0.25) is 0 Å². The topological polar surface area (TPSA) is 26.0 Å². The molecule has 0 aliphatic heterocycles. The molecule has 0 atom stereocenters. The molecule has 0 bridgehead atoms. The average Bonchev–Trinajstić information content (AvgIpc) is 1.87. The molecule has 0 aliphatic carbocycles. The van der Waals surface area contributed by atoms with Gasteiger partial charge in [-0.3, -0.25) is 0 Å². The van der Waals surface area contributed by atoms with E-state index in [4.69, 9.17) is 5.73 Å². The molecule has 0 unspecified atom stereocenters. The van der Waals surface area contributed by atoms with Gasteiger partial charge < -0.3 is 5.73 Å². The van der Waals surface area contributed by atoms with Crippen LogP contribution in [0.3, 0.4) is 0 Å². The van der Waals surface area contributed by atoms with E-state index in [0.29, 0.717) is 0 Å². The Hall–Kier alpha value is -0.250. The Balaban J connectivity index is 0. The Morgan fingerprint density at radius 3 is 1.70 bits per heavy atom. The number of nitrogens with two attached hydrogens (primary N) is 1. The molecule has 0 saturated carbocycles. The van der Waals surface area contributed by atoms with Crippen molar-refractivity contribution in [2.45, 2.75) is 32.9 Å². The lowest BCUT2D eigenvalue weighted by atomic mass is 10.3. The van der Waals surface area contributed by atoms with Gasteiger partial charge in [0.05, 0.1) is 0 Å². The van der Waals surface area contributed by atoms with Crippen LogP contribution in [-0.2, 0) is 0 Å². The molecule has 1 nitrogen and oxygen atoms in total. The van der Waals surface area contributed by atoms with Gasteiger partial charge in [-0.15, -0.1) is 0 Å². The second-order valence-electron chi connectivity index (χ2n) is 1.51. The molecule has 0 aliphatic rings. The minimum absolute atomic E-state index is 0.0312. The van der Waals surface area contributed by atoms with Gasteiger partial charge in [0, 0.05) is 6.42 Å². The first-order valence-electron chi connectivity index (χ1n) is 3.33. The van der Waals surface area contributed by atoms with E-state index < -0.39 is 12.6 Å². The van der Waals surface area contributed by atoms with Crippen LogP contribution < -0.4 is 5.73 Å². The summed E-state index contributed by atoms with van der Waals surface area (Å²) in [7, 11) is 0. The number of hydrogen-bond donors (Lipinski definition) is 1. The number of halogens is 3. The van der Waals surface area contributed by atoms with Gasteiger partial charge in [-0.1, -0.05) is 13.8 Å². The fourth-order valence-electron chi connectivity index (χ4n) is 0.303. The third kappa shape index (κ3) is 15.7. The van der Waals surface area contributed by atoms with Crippen molar-refractivity contribution in [3.05, 3.63) is 0 Å². The van der Waals surface area contributed by atoms with Crippen molar-refractivity contribution in [1.29, 1.82) is 0 Å². The molecule has 0 radical (unpaired) electrons. The third-order valence-electron chi connectivity index (χ3n) is 0.664. The highest BCUT2D eigenvalue weighted by Gasteiger charge is 2.25. The number of hydrogen-bond acceptors (Lipinski definition) is 1. The lowest BCUT2D eigenvalue weighted by Crippen LogP contribution is -2.10. The van der Waals surface area contributed by atoms with Crippen molar-refractivity contribution in [2.24, 2.45) is 5.73 Å². The fraction of sp³-hybridized carbons (Fsp3) is 1.00. The highest BCUT2D eigenvalue weighted by molar-refractivity contribution is 4.49. The van der Waals surface area contributed by atoms with Gasteiger partial charge >= 0.3 is 6.18 Å².